The van der Waals surface area contributed by atoms with Crippen molar-refractivity contribution in [2.75, 3.05) is 5.75 Å². The van der Waals surface area contributed by atoms with Crippen molar-refractivity contribution in [3.63, 3.8) is 0 Å². The summed E-state index contributed by atoms with van der Waals surface area (Å²) in [5.41, 5.74) is 0.584. The van der Waals surface area contributed by atoms with Crippen LogP contribution in [0.25, 0.3) is 0 Å². The maximum absolute atomic E-state index is 12.1. The second kappa shape index (κ2) is 6.26. The van der Waals surface area contributed by atoms with Crippen molar-refractivity contribution in [2.45, 2.75) is 36.9 Å². The number of phenolic OH excluding ortho intramolecular Hbond substituents is 1. The average molecular weight is 304 g/mol. The summed E-state index contributed by atoms with van der Waals surface area (Å²) in [6.07, 6.45) is 4.62. The quantitative estimate of drug-likeness (QED) is 0.675. The number of ketones is 1. The SMILES string of the molecule is O=C(CSc1nnnn1C1CCCC1)c1ccc(O)cc1. The van der Waals surface area contributed by atoms with Crippen molar-refractivity contribution >= 4 is 17.5 Å². The van der Waals surface area contributed by atoms with Crippen LogP contribution in [0.5, 0.6) is 5.75 Å². The van der Waals surface area contributed by atoms with Gasteiger partial charge in [0.05, 0.1) is 11.8 Å². The highest BCUT2D eigenvalue weighted by Gasteiger charge is 2.22. The topological polar surface area (TPSA) is 80.9 Å². The minimum absolute atomic E-state index is 0.000900. The first-order valence-corrected chi connectivity index (χ1v) is 7.95. The lowest BCUT2D eigenvalue weighted by atomic mass is 10.1. The van der Waals surface area contributed by atoms with Crippen molar-refractivity contribution in [2.24, 2.45) is 0 Å². The van der Waals surface area contributed by atoms with Crippen LogP contribution in [0, 0.1) is 0 Å². The number of benzene rings is 1. The second-order valence-corrected chi connectivity index (χ2v) is 6.05. The largest absolute Gasteiger partial charge is 0.508 e. The molecule has 0 spiro atoms. The minimum Gasteiger partial charge on any atom is -0.508 e. The molecule has 0 bridgehead atoms. The van der Waals surface area contributed by atoms with E-state index in [2.05, 4.69) is 15.5 Å². The number of Topliss-reactive ketones (excluding diaryl/α,β-unsaturated/α-hetero) is 1. The van der Waals surface area contributed by atoms with E-state index in [0.717, 1.165) is 12.8 Å². The molecule has 6 nitrogen and oxygen atoms in total. The van der Waals surface area contributed by atoms with Gasteiger partial charge in [-0.25, -0.2) is 4.68 Å². The average Bonchev–Trinajstić information content (AvgIpc) is 3.16. The number of hydrogen-bond donors (Lipinski definition) is 1. The van der Waals surface area contributed by atoms with Gasteiger partial charge >= 0.3 is 0 Å². The first kappa shape index (κ1) is 14.1. The highest BCUT2D eigenvalue weighted by atomic mass is 32.2. The van der Waals surface area contributed by atoms with Gasteiger partial charge in [-0.2, -0.15) is 0 Å². The van der Waals surface area contributed by atoms with Crippen LogP contribution in [0.15, 0.2) is 29.4 Å². The molecule has 0 unspecified atom stereocenters. The first-order valence-electron chi connectivity index (χ1n) is 6.97. The van der Waals surface area contributed by atoms with E-state index in [1.54, 1.807) is 12.1 Å². The van der Waals surface area contributed by atoms with Crippen LogP contribution in [0.2, 0.25) is 0 Å². The van der Waals surface area contributed by atoms with Gasteiger partial charge in [0.25, 0.3) is 0 Å². The van der Waals surface area contributed by atoms with Gasteiger partial charge in [-0.3, -0.25) is 4.79 Å². The Bertz CT molecular complexity index is 620. The fourth-order valence-electron chi connectivity index (χ4n) is 2.52. The number of aromatic hydroxyl groups is 1. The molecule has 0 atom stereocenters. The zero-order valence-electron chi connectivity index (χ0n) is 11.5. The van der Waals surface area contributed by atoms with E-state index in [1.165, 1.54) is 36.7 Å². The van der Waals surface area contributed by atoms with Gasteiger partial charge in [-0.15, -0.1) is 5.10 Å². The lowest BCUT2D eigenvalue weighted by Crippen LogP contribution is -2.10. The van der Waals surface area contributed by atoms with Crippen LogP contribution < -0.4 is 0 Å². The molecule has 21 heavy (non-hydrogen) atoms. The van der Waals surface area contributed by atoms with Crippen molar-refractivity contribution in [3.05, 3.63) is 29.8 Å². The molecule has 3 rings (SSSR count). The van der Waals surface area contributed by atoms with Gasteiger partial charge in [-0.1, -0.05) is 24.6 Å². The normalized spacial score (nSPS) is 15.4. The predicted molar refractivity (Wildman–Crippen MR) is 78.5 cm³/mol. The fourth-order valence-corrected chi connectivity index (χ4v) is 3.36. The smallest absolute Gasteiger partial charge is 0.210 e. The van der Waals surface area contributed by atoms with Crippen LogP contribution >= 0.6 is 11.8 Å². The molecule has 2 aromatic rings. The summed E-state index contributed by atoms with van der Waals surface area (Å²) in [7, 11) is 0. The van der Waals surface area contributed by atoms with Crippen molar-refractivity contribution in [1.29, 1.82) is 0 Å². The standard InChI is InChI=1S/C14H16N4O2S/c19-12-7-5-10(6-8-12)13(20)9-21-14-15-16-17-18(14)11-3-1-2-4-11/h5-8,11,19H,1-4,9H2. The van der Waals surface area contributed by atoms with E-state index in [-0.39, 0.29) is 17.3 Å². The lowest BCUT2D eigenvalue weighted by molar-refractivity contribution is 0.102. The molecule has 1 saturated carbocycles. The Morgan fingerprint density at radius 2 is 2.00 bits per heavy atom. The van der Waals surface area contributed by atoms with Crippen molar-refractivity contribution in [3.8, 4) is 5.75 Å². The Morgan fingerprint density at radius 1 is 1.29 bits per heavy atom. The first-order chi connectivity index (χ1) is 10.2. The summed E-state index contributed by atoms with van der Waals surface area (Å²) < 4.78 is 1.85. The molecule has 0 amide bonds. The van der Waals surface area contributed by atoms with Gasteiger partial charge in [0.1, 0.15) is 5.75 Å². The van der Waals surface area contributed by atoms with E-state index in [4.69, 9.17) is 0 Å². The Balaban J connectivity index is 1.63. The predicted octanol–water partition coefficient (Wildman–Crippen LogP) is 2.47. The molecule has 0 radical (unpaired) electrons. The molecule has 1 aliphatic carbocycles. The van der Waals surface area contributed by atoms with Gasteiger partial charge in [0.2, 0.25) is 5.16 Å². The highest BCUT2D eigenvalue weighted by Crippen LogP contribution is 2.31. The molecule has 1 aromatic heterocycles. The van der Waals surface area contributed by atoms with Crippen molar-refractivity contribution < 1.29 is 9.90 Å². The van der Waals surface area contributed by atoms with Gasteiger partial charge in [-0.05, 0) is 47.5 Å². The molecular formula is C14H16N4O2S. The second-order valence-electron chi connectivity index (χ2n) is 5.10. The third-order valence-electron chi connectivity index (χ3n) is 3.65. The Labute approximate surface area is 126 Å². The molecule has 1 fully saturated rings. The molecule has 0 saturated heterocycles. The van der Waals surface area contributed by atoms with E-state index in [0.29, 0.717) is 16.8 Å². The molecular weight excluding hydrogens is 288 g/mol. The molecule has 1 aromatic carbocycles. The van der Waals surface area contributed by atoms with Crippen LogP contribution in [0.4, 0.5) is 0 Å². The molecule has 110 valence electrons. The number of carbonyl (C=O) groups is 1. The minimum atomic E-state index is 0.000900. The Hall–Kier alpha value is -1.89. The number of thioether (sulfide) groups is 1. The number of aromatic nitrogens is 4. The summed E-state index contributed by atoms with van der Waals surface area (Å²) in [5.74, 6) is 0.447. The summed E-state index contributed by atoms with van der Waals surface area (Å²) in [4.78, 5) is 12.1. The monoisotopic (exact) mass is 304 g/mol. The Morgan fingerprint density at radius 3 is 2.71 bits per heavy atom. The van der Waals surface area contributed by atoms with Crippen LogP contribution in [0.1, 0.15) is 42.1 Å². The summed E-state index contributed by atoms with van der Waals surface area (Å²) >= 11 is 1.36. The Kier molecular flexibility index (Phi) is 4.19. The number of carbonyl (C=O) groups excluding carboxylic acids is 1. The molecule has 1 aliphatic rings. The molecule has 1 heterocycles. The zero-order chi connectivity index (χ0) is 14.7. The summed E-state index contributed by atoms with van der Waals surface area (Å²) in [5, 5.41) is 21.7. The molecule has 7 heteroatoms. The third-order valence-corrected chi connectivity index (χ3v) is 4.59. The van der Waals surface area contributed by atoms with E-state index in [1.807, 2.05) is 4.68 Å². The molecule has 1 N–H and O–H groups in total. The fraction of sp³-hybridized carbons (Fsp3) is 0.429. The van der Waals surface area contributed by atoms with E-state index < -0.39 is 0 Å². The number of rotatable bonds is 5. The van der Waals surface area contributed by atoms with E-state index in [9.17, 15) is 9.90 Å². The third kappa shape index (κ3) is 3.24. The highest BCUT2D eigenvalue weighted by molar-refractivity contribution is 7.99. The zero-order valence-corrected chi connectivity index (χ0v) is 12.3. The van der Waals surface area contributed by atoms with Gasteiger partial charge in [0.15, 0.2) is 5.78 Å². The van der Waals surface area contributed by atoms with Crippen LogP contribution in [0.3, 0.4) is 0 Å². The lowest BCUT2D eigenvalue weighted by Gasteiger charge is -2.10. The molecule has 0 aliphatic heterocycles. The summed E-state index contributed by atoms with van der Waals surface area (Å²) in [6.45, 7) is 0. The number of tetrazole rings is 1. The van der Waals surface area contributed by atoms with Crippen LogP contribution in [-0.4, -0.2) is 36.8 Å². The number of nitrogens with zero attached hydrogens (tertiary/aromatic N) is 4. The van der Waals surface area contributed by atoms with Gasteiger partial charge in [0, 0.05) is 5.56 Å². The van der Waals surface area contributed by atoms with Crippen molar-refractivity contribution in [1.82, 2.24) is 20.2 Å². The number of phenols is 1. The maximum Gasteiger partial charge on any atom is 0.210 e. The van der Waals surface area contributed by atoms with Gasteiger partial charge < -0.3 is 5.11 Å². The van der Waals surface area contributed by atoms with E-state index >= 15 is 0 Å². The number of hydrogen-bond acceptors (Lipinski definition) is 6. The van der Waals surface area contributed by atoms with Crippen LogP contribution in [-0.2, 0) is 0 Å². The maximum atomic E-state index is 12.1. The summed E-state index contributed by atoms with van der Waals surface area (Å²) in [6, 6.07) is 6.64.